The number of sulfone groups is 1. The van der Waals surface area contributed by atoms with Crippen molar-refractivity contribution in [3.05, 3.63) is 58.6 Å². The third kappa shape index (κ3) is 3.08. The van der Waals surface area contributed by atoms with E-state index in [1.807, 2.05) is 0 Å². The second kappa shape index (κ2) is 5.38. The molecule has 0 aliphatic rings. The molecule has 0 aliphatic heterocycles. The lowest BCUT2D eigenvalue weighted by molar-refractivity contribution is 0.504. The maximum atomic E-state index is 13.1. The zero-order valence-corrected chi connectivity index (χ0v) is 11.7. The lowest BCUT2D eigenvalue weighted by Gasteiger charge is -2.07. The summed E-state index contributed by atoms with van der Waals surface area (Å²) >= 11 is 5.74. The van der Waals surface area contributed by atoms with Crippen LogP contribution in [0.2, 0.25) is 5.02 Å². The van der Waals surface area contributed by atoms with Gasteiger partial charge in [-0.15, -0.1) is 0 Å². The Labute approximate surface area is 119 Å². The van der Waals surface area contributed by atoms with E-state index in [1.54, 1.807) is 0 Å². The highest BCUT2D eigenvalue weighted by atomic mass is 35.5. The van der Waals surface area contributed by atoms with Crippen molar-refractivity contribution in [1.82, 2.24) is 0 Å². The number of benzene rings is 2. The van der Waals surface area contributed by atoms with Crippen molar-refractivity contribution in [2.75, 3.05) is 5.73 Å². The lowest BCUT2D eigenvalue weighted by atomic mass is 10.2. The second-order valence-corrected chi connectivity index (χ2v) is 6.59. The lowest BCUT2D eigenvalue weighted by Crippen LogP contribution is -2.06. The average molecular weight is 318 g/mol. The van der Waals surface area contributed by atoms with E-state index < -0.39 is 21.5 Å². The van der Waals surface area contributed by atoms with Crippen LogP contribution in [0.4, 0.5) is 14.5 Å². The van der Waals surface area contributed by atoms with E-state index in [0.717, 1.165) is 12.1 Å². The highest BCUT2D eigenvalue weighted by Gasteiger charge is 2.18. The molecular weight excluding hydrogens is 308 g/mol. The molecule has 0 fully saturated rings. The Morgan fingerprint density at radius 2 is 1.75 bits per heavy atom. The molecule has 0 radical (unpaired) electrons. The van der Waals surface area contributed by atoms with E-state index in [1.165, 1.54) is 18.2 Å². The molecule has 106 valence electrons. The summed E-state index contributed by atoms with van der Waals surface area (Å²) in [6.45, 7) is 0. The van der Waals surface area contributed by atoms with Crippen molar-refractivity contribution in [3.63, 3.8) is 0 Å². The first-order chi connectivity index (χ1) is 9.29. The van der Waals surface area contributed by atoms with Crippen LogP contribution in [0.25, 0.3) is 0 Å². The maximum Gasteiger partial charge on any atom is 0.182 e. The van der Waals surface area contributed by atoms with Crippen LogP contribution in [-0.2, 0) is 15.6 Å². The van der Waals surface area contributed by atoms with Crippen molar-refractivity contribution in [3.8, 4) is 0 Å². The van der Waals surface area contributed by atoms with Crippen LogP contribution >= 0.6 is 11.6 Å². The second-order valence-electron chi connectivity index (χ2n) is 4.19. The van der Waals surface area contributed by atoms with Crippen LogP contribution in [-0.4, -0.2) is 8.42 Å². The maximum absolute atomic E-state index is 13.1. The smallest absolute Gasteiger partial charge is 0.182 e. The molecule has 2 rings (SSSR count). The summed E-state index contributed by atoms with van der Waals surface area (Å²) in [7, 11) is -3.79. The number of nitrogens with two attached hydrogens (primary N) is 1. The van der Waals surface area contributed by atoms with E-state index in [9.17, 15) is 17.2 Å². The predicted octanol–water partition coefficient (Wildman–Crippen LogP) is 3.17. The molecule has 20 heavy (non-hydrogen) atoms. The molecule has 0 spiro atoms. The van der Waals surface area contributed by atoms with Crippen LogP contribution in [0.1, 0.15) is 5.56 Å². The van der Waals surface area contributed by atoms with Gasteiger partial charge in [-0.1, -0.05) is 17.7 Å². The van der Waals surface area contributed by atoms with Crippen LogP contribution < -0.4 is 5.73 Å². The van der Waals surface area contributed by atoms with Gasteiger partial charge < -0.3 is 5.73 Å². The van der Waals surface area contributed by atoms with Gasteiger partial charge in [-0.2, -0.15) is 0 Å². The highest BCUT2D eigenvalue weighted by Crippen LogP contribution is 2.23. The fraction of sp³-hybridized carbons (Fsp3) is 0.0769. The summed E-state index contributed by atoms with van der Waals surface area (Å²) in [5.74, 6) is -2.68. The van der Waals surface area contributed by atoms with Gasteiger partial charge in [-0.05, 0) is 35.9 Å². The topological polar surface area (TPSA) is 60.2 Å². The first-order valence-electron chi connectivity index (χ1n) is 5.51. The van der Waals surface area contributed by atoms with Gasteiger partial charge in [-0.3, -0.25) is 0 Å². The number of anilines is 1. The van der Waals surface area contributed by atoms with Gasteiger partial charge in [0.1, 0.15) is 0 Å². The van der Waals surface area contributed by atoms with Gasteiger partial charge in [0, 0.05) is 0 Å². The van der Waals surface area contributed by atoms with Gasteiger partial charge in [-0.25, -0.2) is 17.2 Å². The molecule has 0 bridgehead atoms. The van der Waals surface area contributed by atoms with Gasteiger partial charge in [0.2, 0.25) is 0 Å². The minimum atomic E-state index is -3.79. The number of hydrogen-bond donors (Lipinski definition) is 1. The number of nitrogen functional groups attached to an aromatic ring is 1. The molecule has 0 unspecified atom stereocenters. The van der Waals surface area contributed by atoms with Crippen molar-refractivity contribution in [1.29, 1.82) is 0 Å². The molecule has 0 amide bonds. The predicted molar refractivity (Wildman–Crippen MR) is 73.1 cm³/mol. The molecular formula is C13H10ClF2NO2S. The van der Waals surface area contributed by atoms with E-state index in [4.69, 9.17) is 17.3 Å². The number of rotatable bonds is 3. The van der Waals surface area contributed by atoms with Crippen molar-refractivity contribution in [2.45, 2.75) is 10.6 Å². The third-order valence-corrected chi connectivity index (χ3v) is 4.70. The average Bonchev–Trinajstić information content (AvgIpc) is 2.37. The first-order valence-corrected chi connectivity index (χ1v) is 7.54. The Hall–Kier alpha value is -1.66. The van der Waals surface area contributed by atoms with Gasteiger partial charge >= 0.3 is 0 Å². The summed E-state index contributed by atoms with van der Waals surface area (Å²) in [5.41, 5.74) is 6.25. The van der Waals surface area contributed by atoms with Crippen molar-refractivity contribution < 1.29 is 17.2 Å². The van der Waals surface area contributed by atoms with E-state index in [-0.39, 0.29) is 16.3 Å². The van der Waals surface area contributed by atoms with Crippen LogP contribution in [0.5, 0.6) is 0 Å². The molecule has 0 saturated carbocycles. The minimum Gasteiger partial charge on any atom is -0.398 e. The third-order valence-electron chi connectivity index (χ3n) is 2.67. The Morgan fingerprint density at radius 1 is 1.05 bits per heavy atom. The Balaban J connectivity index is 2.35. The van der Waals surface area contributed by atoms with Crippen molar-refractivity contribution in [2.24, 2.45) is 0 Å². The Kier molecular flexibility index (Phi) is 3.96. The summed E-state index contributed by atoms with van der Waals surface area (Å²) in [6, 6.07) is 6.87. The number of halogens is 3. The fourth-order valence-electron chi connectivity index (χ4n) is 1.66. The molecule has 2 N–H and O–H groups in total. The molecule has 7 heteroatoms. The molecule has 2 aromatic rings. The molecule has 0 heterocycles. The van der Waals surface area contributed by atoms with Crippen LogP contribution in [0.15, 0.2) is 41.3 Å². The zero-order valence-electron chi connectivity index (χ0n) is 10.1. The molecule has 0 saturated heterocycles. The number of hydrogen-bond acceptors (Lipinski definition) is 3. The van der Waals surface area contributed by atoms with Crippen LogP contribution in [0.3, 0.4) is 0 Å². The van der Waals surface area contributed by atoms with E-state index in [2.05, 4.69) is 0 Å². The van der Waals surface area contributed by atoms with Gasteiger partial charge in [0.25, 0.3) is 0 Å². The largest absolute Gasteiger partial charge is 0.398 e. The monoisotopic (exact) mass is 317 g/mol. The molecule has 2 aromatic carbocycles. The quantitative estimate of drug-likeness (QED) is 0.698. The minimum absolute atomic E-state index is 0.254. The zero-order chi connectivity index (χ0) is 14.9. The first kappa shape index (κ1) is 14.7. The van der Waals surface area contributed by atoms with E-state index >= 15 is 0 Å². The van der Waals surface area contributed by atoms with Gasteiger partial charge in [0.05, 0.1) is 21.4 Å². The fourth-order valence-corrected chi connectivity index (χ4v) is 3.12. The normalized spacial score (nSPS) is 11.6. The van der Waals surface area contributed by atoms with Crippen molar-refractivity contribution >= 4 is 27.1 Å². The molecule has 3 nitrogen and oxygen atoms in total. The summed E-state index contributed by atoms with van der Waals surface area (Å²) in [5, 5.41) is 0.318. The molecule has 0 atom stereocenters. The van der Waals surface area contributed by atoms with Gasteiger partial charge in [0.15, 0.2) is 21.5 Å². The Bertz CT molecular complexity index is 763. The summed E-state index contributed by atoms with van der Waals surface area (Å²) in [4.78, 5) is -0.287. The SMILES string of the molecule is Nc1cc(CS(=O)(=O)c2ccc(F)c(F)c2)ccc1Cl. The van der Waals surface area contributed by atoms with E-state index in [0.29, 0.717) is 16.7 Å². The summed E-state index contributed by atoms with van der Waals surface area (Å²) in [6.07, 6.45) is 0. The molecule has 0 aromatic heterocycles. The highest BCUT2D eigenvalue weighted by molar-refractivity contribution is 7.90. The standard InChI is InChI=1S/C13H10ClF2NO2S/c14-10-3-1-8(5-13(10)17)7-20(18,19)9-2-4-11(15)12(16)6-9/h1-6H,7,17H2. The Morgan fingerprint density at radius 3 is 2.35 bits per heavy atom. The summed E-state index contributed by atoms with van der Waals surface area (Å²) < 4.78 is 50.1. The molecule has 0 aliphatic carbocycles. The van der Waals surface area contributed by atoms with Crippen LogP contribution in [0, 0.1) is 11.6 Å².